The molecule has 1 aliphatic carbocycles. The van der Waals surface area contributed by atoms with E-state index < -0.39 is 0 Å². The summed E-state index contributed by atoms with van der Waals surface area (Å²) < 4.78 is 2.23. The van der Waals surface area contributed by atoms with Crippen LogP contribution < -0.4 is 0 Å². The zero-order valence-electron chi connectivity index (χ0n) is 12.2. The summed E-state index contributed by atoms with van der Waals surface area (Å²) in [6.07, 6.45) is 11.7. The molecule has 106 valence electrons. The highest BCUT2D eigenvalue weighted by atomic mass is 15.1. The van der Waals surface area contributed by atoms with Crippen molar-refractivity contribution < 1.29 is 0 Å². The van der Waals surface area contributed by atoms with Crippen molar-refractivity contribution in [2.24, 2.45) is 0 Å². The quantitative estimate of drug-likeness (QED) is 0.652. The summed E-state index contributed by atoms with van der Waals surface area (Å²) >= 11 is 0. The average molecular weight is 284 g/mol. The Morgan fingerprint density at radius 2 is 1.68 bits per heavy atom. The van der Waals surface area contributed by atoms with E-state index in [1.165, 1.54) is 0 Å². The highest BCUT2D eigenvalue weighted by molar-refractivity contribution is 5.84. The molecule has 1 heterocycles. The van der Waals surface area contributed by atoms with Crippen LogP contribution in [0, 0.1) is 0 Å². The van der Waals surface area contributed by atoms with Crippen LogP contribution >= 0.6 is 0 Å². The number of benzene rings is 2. The zero-order chi connectivity index (χ0) is 14.8. The minimum absolute atomic E-state index is 0.964. The van der Waals surface area contributed by atoms with E-state index in [2.05, 4.69) is 77.4 Å². The molecule has 1 aliphatic rings. The second kappa shape index (κ2) is 5.49. The van der Waals surface area contributed by atoms with Gasteiger partial charge in [0.2, 0.25) is 0 Å². The first-order chi connectivity index (χ1) is 10.9. The van der Waals surface area contributed by atoms with Gasteiger partial charge in [-0.1, -0.05) is 60.7 Å². The van der Waals surface area contributed by atoms with Crippen molar-refractivity contribution in [3.8, 4) is 5.69 Å². The lowest BCUT2D eigenvalue weighted by Gasteiger charge is -2.09. The summed E-state index contributed by atoms with van der Waals surface area (Å²) in [7, 11) is 0. The minimum Gasteiger partial charge on any atom is -0.292 e. The number of rotatable bonds is 2. The predicted molar refractivity (Wildman–Crippen MR) is 91.9 cm³/mol. The number of imidazole rings is 1. The molecule has 0 bridgehead atoms. The number of para-hydroxylation sites is 3. The summed E-state index contributed by atoms with van der Waals surface area (Å²) in [6, 6.07) is 18.7. The molecule has 2 nitrogen and oxygen atoms in total. The monoisotopic (exact) mass is 284 g/mol. The third-order valence-electron chi connectivity index (χ3n) is 3.81. The Balaban J connectivity index is 2.02. The van der Waals surface area contributed by atoms with E-state index in [1.54, 1.807) is 0 Å². The van der Waals surface area contributed by atoms with Gasteiger partial charge in [-0.25, -0.2) is 4.98 Å². The topological polar surface area (TPSA) is 17.8 Å². The predicted octanol–water partition coefficient (Wildman–Crippen LogP) is 4.93. The van der Waals surface area contributed by atoms with E-state index in [0.717, 1.165) is 34.5 Å². The Labute approximate surface area is 129 Å². The van der Waals surface area contributed by atoms with Crippen molar-refractivity contribution in [2.45, 2.75) is 6.42 Å². The van der Waals surface area contributed by atoms with Crippen LogP contribution in [0.15, 0.2) is 85.0 Å². The fourth-order valence-corrected chi connectivity index (χ4v) is 2.79. The van der Waals surface area contributed by atoms with Gasteiger partial charge in [0.05, 0.1) is 11.0 Å². The standard InChI is InChI=1S/C20H16N2/c1-2-5-11-16(10-4-1)20-21-18-14-8-9-15-19(18)22(20)17-12-6-3-7-13-17/h1,3-15H,2H2. The maximum atomic E-state index is 4.86. The number of allylic oxidation sites excluding steroid dienone is 6. The van der Waals surface area contributed by atoms with Crippen LogP contribution in [0.2, 0.25) is 0 Å². The van der Waals surface area contributed by atoms with Gasteiger partial charge in [0.1, 0.15) is 5.82 Å². The van der Waals surface area contributed by atoms with Gasteiger partial charge in [0.15, 0.2) is 0 Å². The van der Waals surface area contributed by atoms with Crippen LogP contribution in [-0.4, -0.2) is 9.55 Å². The molecule has 2 aromatic carbocycles. The second-order valence-corrected chi connectivity index (χ2v) is 5.28. The molecule has 4 rings (SSSR count). The van der Waals surface area contributed by atoms with E-state index in [-0.39, 0.29) is 0 Å². The molecular formula is C20H16N2. The largest absolute Gasteiger partial charge is 0.292 e. The smallest absolute Gasteiger partial charge is 0.145 e. The third-order valence-corrected chi connectivity index (χ3v) is 3.81. The molecule has 3 aromatic rings. The molecule has 0 saturated carbocycles. The van der Waals surface area contributed by atoms with Crippen molar-refractivity contribution in [1.82, 2.24) is 9.55 Å². The minimum atomic E-state index is 0.964. The number of fused-ring (bicyclic) bond motifs is 1. The molecule has 1 aromatic heterocycles. The van der Waals surface area contributed by atoms with Crippen LogP contribution in [0.5, 0.6) is 0 Å². The molecule has 2 heteroatoms. The summed E-state index contributed by atoms with van der Waals surface area (Å²) in [6.45, 7) is 0. The molecule has 0 spiro atoms. The molecule has 0 amide bonds. The van der Waals surface area contributed by atoms with Crippen LogP contribution in [0.3, 0.4) is 0 Å². The second-order valence-electron chi connectivity index (χ2n) is 5.28. The maximum absolute atomic E-state index is 4.86. The third kappa shape index (κ3) is 2.19. The van der Waals surface area contributed by atoms with Gasteiger partial charge in [0, 0.05) is 11.3 Å². The average Bonchev–Trinajstić information content (AvgIpc) is 2.76. The number of aromatic nitrogens is 2. The lowest BCUT2D eigenvalue weighted by Crippen LogP contribution is -1.99. The van der Waals surface area contributed by atoms with Gasteiger partial charge in [0.25, 0.3) is 0 Å². The molecule has 0 aliphatic heterocycles. The van der Waals surface area contributed by atoms with E-state index in [9.17, 15) is 0 Å². The zero-order valence-corrected chi connectivity index (χ0v) is 12.2. The fourth-order valence-electron chi connectivity index (χ4n) is 2.79. The lowest BCUT2D eigenvalue weighted by atomic mass is 10.2. The van der Waals surface area contributed by atoms with Crippen molar-refractivity contribution in [3.05, 3.63) is 90.8 Å². The van der Waals surface area contributed by atoms with Crippen molar-refractivity contribution in [2.75, 3.05) is 0 Å². The van der Waals surface area contributed by atoms with Crippen LogP contribution in [0.1, 0.15) is 12.2 Å². The van der Waals surface area contributed by atoms with Gasteiger partial charge < -0.3 is 0 Å². The Kier molecular flexibility index (Phi) is 3.20. The molecule has 22 heavy (non-hydrogen) atoms. The molecule has 0 radical (unpaired) electrons. The van der Waals surface area contributed by atoms with Crippen molar-refractivity contribution >= 4 is 16.6 Å². The molecule has 0 fully saturated rings. The number of hydrogen-bond donors (Lipinski definition) is 0. The SMILES string of the molecule is C1=CCC=CC(c2nc3ccccc3n2-c2ccccc2)=C1. The van der Waals surface area contributed by atoms with Gasteiger partial charge in [-0.2, -0.15) is 0 Å². The molecule has 0 N–H and O–H groups in total. The number of hydrogen-bond acceptors (Lipinski definition) is 1. The summed E-state index contributed by atoms with van der Waals surface area (Å²) in [5, 5.41) is 0. The van der Waals surface area contributed by atoms with Crippen LogP contribution in [0.25, 0.3) is 22.3 Å². The van der Waals surface area contributed by atoms with Gasteiger partial charge in [-0.05, 0) is 30.7 Å². The molecule has 0 atom stereocenters. The Bertz CT molecular complexity index is 896. The Morgan fingerprint density at radius 3 is 2.59 bits per heavy atom. The highest BCUT2D eigenvalue weighted by Gasteiger charge is 2.14. The van der Waals surface area contributed by atoms with E-state index in [1.807, 2.05) is 12.1 Å². The summed E-state index contributed by atoms with van der Waals surface area (Å²) in [5.41, 5.74) is 4.41. The molecule has 0 saturated heterocycles. The Hall–Kier alpha value is -2.87. The normalized spacial score (nSPS) is 14.1. The number of nitrogens with zero attached hydrogens (tertiary/aromatic N) is 2. The fraction of sp³-hybridized carbons (Fsp3) is 0.0500. The summed E-state index contributed by atoms with van der Waals surface area (Å²) in [5.74, 6) is 0.982. The van der Waals surface area contributed by atoms with Gasteiger partial charge in [-0.15, -0.1) is 0 Å². The van der Waals surface area contributed by atoms with Crippen LogP contribution in [0.4, 0.5) is 0 Å². The van der Waals surface area contributed by atoms with Gasteiger partial charge in [-0.3, -0.25) is 4.57 Å². The highest BCUT2D eigenvalue weighted by Crippen LogP contribution is 2.27. The first kappa shape index (κ1) is 12.8. The first-order valence-corrected chi connectivity index (χ1v) is 7.50. The maximum Gasteiger partial charge on any atom is 0.145 e. The van der Waals surface area contributed by atoms with E-state index >= 15 is 0 Å². The lowest BCUT2D eigenvalue weighted by molar-refractivity contribution is 1.06. The van der Waals surface area contributed by atoms with E-state index in [0.29, 0.717) is 0 Å². The Morgan fingerprint density at radius 1 is 0.864 bits per heavy atom. The van der Waals surface area contributed by atoms with E-state index in [4.69, 9.17) is 4.98 Å². The molecule has 0 unspecified atom stereocenters. The van der Waals surface area contributed by atoms with Crippen LogP contribution in [-0.2, 0) is 0 Å². The molecular weight excluding hydrogens is 268 g/mol. The van der Waals surface area contributed by atoms with Crippen molar-refractivity contribution in [3.63, 3.8) is 0 Å². The van der Waals surface area contributed by atoms with Crippen molar-refractivity contribution in [1.29, 1.82) is 0 Å². The first-order valence-electron chi connectivity index (χ1n) is 7.50. The summed E-state index contributed by atoms with van der Waals surface area (Å²) in [4.78, 5) is 4.86. The van der Waals surface area contributed by atoms with Gasteiger partial charge >= 0.3 is 0 Å².